The van der Waals surface area contributed by atoms with E-state index in [4.69, 9.17) is 10.2 Å². The van der Waals surface area contributed by atoms with E-state index in [0.29, 0.717) is 12.3 Å². The van der Waals surface area contributed by atoms with Crippen LogP contribution in [0.15, 0.2) is 16.7 Å². The van der Waals surface area contributed by atoms with Gasteiger partial charge in [-0.15, -0.1) is 0 Å². The Kier molecular flexibility index (Phi) is 2.50. The summed E-state index contributed by atoms with van der Waals surface area (Å²) in [6.07, 6.45) is 1.50. The largest absolute Gasteiger partial charge is 0.459 e. The molecule has 66 valence electrons. The summed E-state index contributed by atoms with van der Waals surface area (Å²) in [6.45, 7) is 0.393. The number of rotatable bonds is 2. The summed E-state index contributed by atoms with van der Waals surface area (Å²) < 4.78 is 5.01. The molecule has 0 saturated heterocycles. The van der Waals surface area contributed by atoms with Crippen LogP contribution >= 0.6 is 0 Å². The molecular formula is C8H12N2O2. The number of hydrogen-bond acceptors (Lipinski definition) is 3. The van der Waals surface area contributed by atoms with E-state index in [1.165, 1.54) is 11.2 Å². The number of furan rings is 1. The highest BCUT2D eigenvalue weighted by molar-refractivity contribution is 5.91. The van der Waals surface area contributed by atoms with Crippen molar-refractivity contribution in [3.63, 3.8) is 0 Å². The van der Waals surface area contributed by atoms with E-state index in [0.717, 1.165) is 5.56 Å². The van der Waals surface area contributed by atoms with Gasteiger partial charge in [-0.1, -0.05) is 0 Å². The van der Waals surface area contributed by atoms with Crippen molar-refractivity contribution in [1.82, 2.24) is 4.90 Å². The lowest BCUT2D eigenvalue weighted by molar-refractivity contribution is 0.0797. The summed E-state index contributed by atoms with van der Waals surface area (Å²) in [5, 5.41) is 0. The van der Waals surface area contributed by atoms with Gasteiger partial charge < -0.3 is 15.1 Å². The lowest BCUT2D eigenvalue weighted by Gasteiger charge is -2.06. The number of carbonyl (C=O) groups is 1. The van der Waals surface area contributed by atoms with E-state index >= 15 is 0 Å². The zero-order valence-electron chi connectivity index (χ0n) is 7.20. The Labute approximate surface area is 70.9 Å². The van der Waals surface area contributed by atoms with Crippen LogP contribution in [0.1, 0.15) is 16.1 Å². The molecule has 4 nitrogen and oxygen atoms in total. The van der Waals surface area contributed by atoms with Crippen molar-refractivity contribution in [2.24, 2.45) is 5.73 Å². The number of carbonyl (C=O) groups excluding carboxylic acids is 1. The van der Waals surface area contributed by atoms with Crippen LogP contribution in [-0.2, 0) is 6.54 Å². The SMILES string of the molecule is CN(C)C(=O)c1cc(CN)co1. The quantitative estimate of drug-likeness (QED) is 0.697. The molecule has 2 N–H and O–H groups in total. The Balaban J connectivity index is 2.82. The first-order valence-electron chi connectivity index (χ1n) is 3.64. The first-order chi connectivity index (χ1) is 5.65. The van der Waals surface area contributed by atoms with Gasteiger partial charge in [-0.3, -0.25) is 4.79 Å². The normalized spacial score (nSPS) is 9.92. The molecule has 0 saturated carbocycles. The molecule has 0 spiro atoms. The second-order valence-electron chi connectivity index (χ2n) is 2.72. The fraction of sp³-hybridized carbons (Fsp3) is 0.375. The molecule has 0 bridgehead atoms. The van der Waals surface area contributed by atoms with Crippen molar-refractivity contribution in [2.45, 2.75) is 6.54 Å². The predicted octanol–water partition coefficient (Wildman–Crippen LogP) is 0.440. The molecule has 0 aliphatic heterocycles. The molecule has 1 aromatic rings. The van der Waals surface area contributed by atoms with Crippen molar-refractivity contribution in [3.05, 3.63) is 23.7 Å². The maximum absolute atomic E-state index is 11.3. The summed E-state index contributed by atoms with van der Waals surface area (Å²) in [7, 11) is 3.35. The number of amides is 1. The second kappa shape index (κ2) is 3.40. The van der Waals surface area contributed by atoms with Crippen molar-refractivity contribution in [1.29, 1.82) is 0 Å². The Morgan fingerprint density at radius 2 is 2.33 bits per heavy atom. The zero-order chi connectivity index (χ0) is 9.14. The third-order valence-electron chi connectivity index (χ3n) is 1.51. The van der Waals surface area contributed by atoms with Crippen LogP contribution in [0.25, 0.3) is 0 Å². The topological polar surface area (TPSA) is 59.5 Å². The molecule has 0 fully saturated rings. The molecule has 1 heterocycles. The second-order valence-corrected chi connectivity index (χ2v) is 2.72. The van der Waals surface area contributed by atoms with Crippen LogP contribution in [-0.4, -0.2) is 24.9 Å². The Hall–Kier alpha value is -1.29. The van der Waals surface area contributed by atoms with E-state index in [1.54, 1.807) is 20.2 Å². The van der Waals surface area contributed by atoms with Gasteiger partial charge in [-0.25, -0.2) is 0 Å². The van der Waals surface area contributed by atoms with Gasteiger partial charge in [0.1, 0.15) is 0 Å². The van der Waals surface area contributed by atoms with Crippen LogP contribution < -0.4 is 5.73 Å². The van der Waals surface area contributed by atoms with Crippen molar-refractivity contribution in [2.75, 3.05) is 14.1 Å². The van der Waals surface area contributed by atoms with Crippen molar-refractivity contribution in [3.8, 4) is 0 Å². The summed E-state index contributed by atoms with van der Waals surface area (Å²) >= 11 is 0. The molecule has 4 heteroatoms. The van der Waals surface area contributed by atoms with Gasteiger partial charge in [0.25, 0.3) is 5.91 Å². The van der Waals surface area contributed by atoms with Gasteiger partial charge in [0.15, 0.2) is 5.76 Å². The number of hydrogen-bond donors (Lipinski definition) is 1. The Bertz CT molecular complexity index is 278. The minimum Gasteiger partial charge on any atom is -0.459 e. The third kappa shape index (κ3) is 1.65. The molecule has 0 aliphatic carbocycles. The molecule has 1 aromatic heterocycles. The lowest BCUT2D eigenvalue weighted by atomic mass is 10.3. The van der Waals surface area contributed by atoms with E-state index in [2.05, 4.69) is 0 Å². The summed E-state index contributed by atoms with van der Waals surface area (Å²) in [5.74, 6) is 0.190. The smallest absolute Gasteiger partial charge is 0.289 e. The molecule has 12 heavy (non-hydrogen) atoms. The third-order valence-corrected chi connectivity index (χ3v) is 1.51. The van der Waals surface area contributed by atoms with Crippen molar-refractivity contribution >= 4 is 5.91 Å². The molecule has 0 radical (unpaired) electrons. The molecular weight excluding hydrogens is 156 g/mol. The van der Waals surface area contributed by atoms with Crippen LogP contribution in [0.5, 0.6) is 0 Å². The summed E-state index contributed by atoms with van der Waals surface area (Å²) in [5.41, 5.74) is 6.19. The van der Waals surface area contributed by atoms with E-state index in [9.17, 15) is 4.79 Å². The van der Waals surface area contributed by atoms with Gasteiger partial charge in [0, 0.05) is 26.2 Å². The first-order valence-corrected chi connectivity index (χ1v) is 3.64. The summed E-state index contributed by atoms with van der Waals surface area (Å²) in [6, 6.07) is 1.66. The maximum Gasteiger partial charge on any atom is 0.289 e. The highest BCUT2D eigenvalue weighted by Gasteiger charge is 2.11. The molecule has 1 amide bonds. The number of nitrogens with two attached hydrogens (primary N) is 1. The highest BCUT2D eigenvalue weighted by Crippen LogP contribution is 2.08. The van der Waals surface area contributed by atoms with Crippen molar-refractivity contribution < 1.29 is 9.21 Å². The van der Waals surface area contributed by atoms with Gasteiger partial charge in [-0.2, -0.15) is 0 Å². The standard InChI is InChI=1S/C8H12N2O2/c1-10(2)8(11)7-3-6(4-9)5-12-7/h3,5H,4,9H2,1-2H3. The highest BCUT2D eigenvalue weighted by atomic mass is 16.3. The van der Waals surface area contributed by atoms with Crippen LogP contribution in [0.2, 0.25) is 0 Å². The molecule has 0 atom stereocenters. The van der Waals surface area contributed by atoms with Crippen LogP contribution in [0, 0.1) is 0 Å². The Morgan fingerprint density at radius 3 is 2.75 bits per heavy atom. The monoisotopic (exact) mass is 168 g/mol. The fourth-order valence-electron chi connectivity index (χ4n) is 0.815. The molecule has 0 unspecified atom stereocenters. The molecule has 0 aromatic carbocycles. The van der Waals surface area contributed by atoms with E-state index in [1.807, 2.05) is 0 Å². The summed E-state index contributed by atoms with van der Waals surface area (Å²) in [4.78, 5) is 12.7. The van der Waals surface area contributed by atoms with Gasteiger partial charge in [-0.05, 0) is 6.07 Å². The van der Waals surface area contributed by atoms with E-state index in [-0.39, 0.29) is 5.91 Å². The molecule has 1 rings (SSSR count). The predicted molar refractivity (Wildman–Crippen MR) is 44.6 cm³/mol. The average molecular weight is 168 g/mol. The fourth-order valence-corrected chi connectivity index (χ4v) is 0.815. The minimum absolute atomic E-state index is 0.144. The Morgan fingerprint density at radius 1 is 1.67 bits per heavy atom. The zero-order valence-corrected chi connectivity index (χ0v) is 7.20. The lowest BCUT2D eigenvalue weighted by Crippen LogP contribution is -2.20. The van der Waals surface area contributed by atoms with Gasteiger partial charge >= 0.3 is 0 Å². The average Bonchev–Trinajstić information content (AvgIpc) is 2.50. The van der Waals surface area contributed by atoms with Crippen LogP contribution in [0.3, 0.4) is 0 Å². The van der Waals surface area contributed by atoms with Gasteiger partial charge in [0.05, 0.1) is 6.26 Å². The van der Waals surface area contributed by atoms with Crippen LogP contribution in [0.4, 0.5) is 0 Å². The van der Waals surface area contributed by atoms with Gasteiger partial charge in [0.2, 0.25) is 0 Å². The molecule has 0 aliphatic rings. The minimum atomic E-state index is -0.144. The maximum atomic E-state index is 11.3. The van der Waals surface area contributed by atoms with E-state index < -0.39 is 0 Å². The first kappa shape index (κ1) is 8.80. The number of nitrogens with zero attached hydrogens (tertiary/aromatic N) is 1.